The van der Waals surface area contributed by atoms with E-state index in [9.17, 15) is 9.18 Å². The summed E-state index contributed by atoms with van der Waals surface area (Å²) in [7, 11) is 0. The molecule has 5 nitrogen and oxygen atoms in total. The van der Waals surface area contributed by atoms with Crippen LogP contribution in [0.2, 0.25) is 0 Å². The van der Waals surface area contributed by atoms with Gasteiger partial charge in [-0.3, -0.25) is 4.57 Å². The number of benzene rings is 1. The zero-order valence-corrected chi connectivity index (χ0v) is 15.9. The molecule has 0 saturated carbocycles. The highest BCUT2D eigenvalue weighted by Crippen LogP contribution is 2.16. The Kier molecular flexibility index (Phi) is 8.62. The Morgan fingerprint density at radius 1 is 1.24 bits per heavy atom. The van der Waals surface area contributed by atoms with Crippen molar-refractivity contribution in [3.63, 3.8) is 0 Å². The number of nitrogens with zero attached hydrogens (tertiary/aromatic N) is 3. The van der Waals surface area contributed by atoms with Crippen LogP contribution >= 0.6 is 24.8 Å². The monoisotopic (exact) mass is 390 g/mol. The lowest BCUT2D eigenvalue weighted by atomic mass is 9.94. The van der Waals surface area contributed by atoms with Crippen molar-refractivity contribution in [2.75, 3.05) is 13.1 Å². The molecule has 0 aliphatic carbocycles. The summed E-state index contributed by atoms with van der Waals surface area (Å²) < 4.78 is 16.9. The maximum absolute atomic E-state index is 13.8. The van der Waals surface area contributed by atoms with Gasteiger partial charge in [0.25, 0.3) is 0 Å². The number of rotatable bonds is 5. The number of halogens is 3. The fourth-order valence-corrected chi connectivity index (χ4v) is 3.19. The summed E-state index contributed by atoms with van der Waals surface area (Å²) in [6.07, 6.45) is 3.03. The van der Waals surface area contributed by atoms with Gasteiger partial charge in [0.1, 0.15) is 11.6 Å². The molecule has 0 spiro atoms. The summed E-state index contributed by atoms with van der Waals surface area (Å²) in [6.45, 7) is 4.77. The molecule has 0 amide bonds. The van der Waals surface area contributed by atoms with Crippen LogP contribution < -0.4 is 11.0 Å². The Morgan fingerprint density at radius 3 is 2.56 bits per heavy atom. The van der Waals surface area contributed by atoms with Crippen LogP contribution in [0.4, 0.5) is 4.39 Å². The molecule has 3 rings (SSSR count). The maximum atomic E-state index is 13.8. The molecule has 25 heavy (non-hydrogen) atoms. The fourth-order valence-electron chi connectivity index (χ4n) is 3.19. The van der Waals surface area contributed by atoms with Gasteiger partial charge in [0.2, 0.25) is 0 Å². The Bertz CT molecular complexity index is 726. The van der Waals surface area contributed by atoms with Crippen molar-refractivity contribution in [3.05, 3.63) is 52.0 Å². The topological polar surface area (TPSA) is 51.9 Å². The smallest absolute Gasteiger partial charge is 0.317 e. The first kappa shape index (κ1) is 21.7. The van der Waals surface area contributed by atoms with Crippen molar-refractivity contribution in [1.29, 1.82) is 0 Å². The molecule has 1 aliphatic heterocycles. The molecule has 2 aromatic rings. The molecule has 1 fully saturated rings. The molecule has 0 atom stereocenters. The van der Waals surface area contributed by atoms with Gasteiger partial charge in [-0.05, 0) is 44.8 Å². The number of nitrogens with one attached hydrogen (secondary N) is 1. The molecular weight excluding hydrogens is 366 g/mol. The average molecular weight is 391 g/mol. The van der Waals surface area contributed by atoms with E-state index in [0.29, 0.717) is 18.0 Å². The second kappa shape index (κ2) is 9.94. The number of hydrogen-bond acceptors (Lipinski definition) is 3. The summed E-state index contributed by atoms with van der Waals surface area (Å²) >= 11 is 0. The second-order valence-electron chi connectivity index (χ2n) is 6.09. The summed E-state index contributed by atoms with van der Waals surface area (Å²) in [4.78, 5) is 12.5. The van der Waals surface area contributed by atoms with Crippen molar-refractivity contribution >= 4 is 24.8 Å². The molecule has 0 bridgehead atoms. The number of piperidine rings is 1. The van der Waals surface area contributed by atoms with Gasteiger partial charge in [0.15, 0.2) is 0 Å². The minimum atomic E-state index is -0.301. The van der Waals surface area contributed by atoms with E-state index in [-0.39, 0.29) is 42.9 Å². The third-order valence-electron chi connectivity index (χ3n) is 4.52. The standard InChI is InChI=1S/C17H23FN4O.2ClH/c1-2-21-16(11-13-7-9-19-10-8-13)20-22(17(21)23)12-14-5-3-4-6-15(14)18;;/h3-6,13,19H,2,7-12H2,1H3;2*1H. The number of aromatic nitrogens is 3. The van der Waals surface area contributed by atoms with Crippen LogP contribution in [-0.4, -0.2) is 27.4 Å². The normalized spacial score (nSPS) is 14.6. The Hall–Kier alpha value is -1.37. The number of hydrogen-bond donors (Lipinski definition) is 1. The van der Waals surface area contributed by atoms with E-state index in [2.05, 4.69) is 10.4 Å². The predicted octanol–water partition coefficient (Wildman–Crippen LogP) is 2.64. The molecule has 1 aromatic carbocycles. The minimum absolute atomic E-state index is 0. The largest absolute Gasteiger partial charge is 0.346 e. The molecule has 1 aliphatic rings. The summed E-state index contributed by atoms with van der Waals surface area (Å²) in [5, 5.41) is 7.84. The maximum Gasteiger partial charge on any atom is 0.346 e. The quantitative estimate of drug-likeness (QED) is 0.853. The van der Waals surface area contributed by atoms with E-state index < -0.39 is 0 Å². The predicted molar refractivity (Wildman–Crippen MR) is 101 cm³/mol. The van der Waals surface area contributed by atoms with Crippen molar-refractivity contribution in [1.82, 2.24) is 19.7 Å². The van der Waals surface area contributed by atoms with E-state index in [1.807, 2.05) is 6.92 Å². The lowest BCUT2D eigenvalue weighted by molar-refractivity contribution is 0.362. The zero-order valence-electron chi connectivity index (χ0n) is 14.3. The minimum Gasteiger partial charge on any atom is -0.317 e. The van der Waals surface area contributed by atoms with E-state index in [4.69, 9.17) is 0 Å². The SMILES string of the molecule is CCn1c(CC2CCNCC2)nn(Cc2ccccc2F)c1=O.Cl.Cl. The van der Waals surface area contributed by atoms with E-state index in [1.54, 1.807) is 22.8 Å². The van der Waals surface area contributed by atoms with Crippen LogP contribution in [-0.2, 0) is 19.5 Å². The van der Waals surface area contributed by atoms with Crippen LogP contribution in [0.3, 0.4) is 0 Å². The summed E-state index contributed by atoms with van der Waals surface area (Å²) in [5.41, 5.74) is 0.337. The molecule has 1 saturated heterocycles. The molecule has 140 valence electrons. The lowest BCUT2D eigenvalue weighted by Gasteiger charge is -2.21. The van der Waals surface area contributed by atoms with E-state index in [0.717, 1.165) is 38.2 Å². The van der Waals surface area contributed by atoms with Crippen LogP contribution in [0.25, 0.3) is 0 Å². The van der Waals surface area contributed by atoms with Gasteiger partial charge < -0.3 is 5.32 Å². The zero-order chi connectivity index (χ0) is 16.2. The van der Waals surface area contributed by atoms with Gasteiger partial charge in [0.05, 0.1) is 6.54 Å². The van der Waals surface area contributed by atoms with Crippen molar-refractivity contribution < 1.29 is 4.39 Å². The molecule has 0 radical (unpaired) electrons. The van der Waals surface area contributed by atoms with Gasteiger partial charge in [-0.25, -0.2) is 13.9 Å². The first-order valence-electron chi connectivity index (χ1n) is 8.29. The first-order chi connectivity index (χ1) is 11.2. The summed E-state index contributed by atoms with van der Waals surface area (Å²) in [6, 6.07) is 6.53. The van der Waals surface area contributed by atoms with Gasteiger partial charge in [-0.15, -0.1) is 24.8 Å². The molecule has 0 unspecified atom stereocenters. The Morgan fingerprint density at radius 2 is 1.92 bits per heavy atom. The highest BCUT2D eigenvalue weighted by atomic mass is 35.5. The molecular formula is C17H25Cl2FN4O. The van der Waals surface area contributed by atoms with Crippen LogP contribution in [0.15, 0.2) is 29.1 Å². The second-order valence-corrected chi connectivity index (χ2v) is 6.09. The highest BCUT2D eigenvalue weighted by Gasteiger charge is 2.19. The molecule has 2 heterocycles. The van der Waals surface area contributed by atoms with Crippen molar-refractivity contribution in [3.8, 4) is 0 Å². The molecule has 8 heteroatoms. The molecule has 1 aromatic heterocycles. The Labute approximate surface area is 159 Å². The van der Waals surface area contributed by atoms with Crippen molar-refractivity contribution in [2.24, 2.45) is 5.92 Å². The van der Waals surface area contributed by atoms with Gasteiger partial charge in [-0.1, -0.05) is 18.2 Å². The highest BCUT2D eigenvalue weighted by molar-refractivity contribution is 5.85. The van der Waals surface area contributed by atoms with Gasteiger partial charge >= 0.3 is 5.69 Å². The van der Waals surface area contributed by atoms with Crippen LogP contribution in [0, 0.1) is 11.7 Å². The lowest BCUT2D eigenvalue weighted by Crippen LogP contribution is -2.30. The van der Waals surface area contributed by atoms with E-state index >= 15 is 0 Å². The van der Waals surface area contributed by atoms with Crippen LogP contribution in [0.1, 0.15) is 31.2 Å². The van der Waals surface area contributed by atoms with Gasteiger partial charge in [0, 0.05) is 18.5 Å². The van der Waals surface area contributed by atoms with E-state index in [1.165, 1.54) is 10.7 Å². The third kappa shape index (κ3) is 5.06. The van der Waals surface area contributed by atoms with Crippen molar-refractivity contribution in [2.45, 2.75) is 39.3 Å². The fraction of sp³-hybridized carbons (Fsp3) is 0.529. The molecule has 1 N–H and O–H groups in total. The van der Waals surface area contributed by atoms with Gasteiger partial charge in [-0.2, -0.15) is 5.10 Å². The van der Waals surface area contributed by atoms with Crippen LogP contribution in [0.5, 0.6) is 0 Å². The summed E-state index contributed by atoms with van der Waals surface area (Å²) in [5.74, 6) is 1.08. The Balaban J connectivity index is 0.00000156. The average Bonchev–Trinajstić information content (AvgIpc) is 2.85. The first-order valence-corrected chi connectivity index (χ1v) is 8.29. The third-order valence-corrected chi connectivity index (χ3v) is 4.52.